The highest BCUT2D eigenvalue weighted by atomic mass is 16.2. The molecule has 2 aliphatic heterocycles. The third-order valence-electron chi connectivity index (χ3n) is 5.47. The van der Waals surface area contributed by atoms with Crippen LogP contribution in [0.2, 0.25) is 0 Å². The molecule has 2 heterocycles. The topological polar surface area (TPSA) is 69.7 Å². The van der Waals surface area contributed by atoms with Crippen molar-refractivity contribution < 1.29 is 14.4 Å². The molecular formula is C17H27N3O3. The Morgan fingerprint density at radius 2 is 1.74 bits per heavy atom. The molecule has 6 heteroatoms. The fourth-order valence-electron chi connectivity index (χ4n) is 4.42. The first-order valence-electron chi connectivity index (χ1n) is 8.83. The smallest absolute Gasteiger partial charge is 0.325 e. The van der Waals surface area contributed by atoms with Gasteiger partial charge in [0, 0.05) is 13.1 Å². The molecule has 3 rings (SSSR count). The van der Waals surface area contributed by atoms with Crippen LogP contribution < -0.4 is 5.32 Å². The number of nitrogens with zero attached hydrogens (tertiary/aromatic N) is 2. The van der Waals surface area contributed by atoms with Crippen LogP contribution in [0, 0.1) is 11.8 Å². The summed E-state index contributed by atoms with van der Waals surface area (Å²) in [5.41, 5.74) is -0.738. The maximum atomic E-state index is 12.7. The van der Waals surface area contributed by atoms with E-state index < -0.39 is 11.6 Å². The van der Waals surface area contributed by atoms with Crippen LogP contribution in [0.3, 0.4) is 0 Å². The number of likely N-dealkylation sites (tertiary alicyclic amines) is 1. The van der Waals surface area contributed by atoms with Crippen molar-refractivity contribution in [3.63, 3.8) is 0 Å². The zero-order chi connectivity index (χ0) is 16.6. The molecule has 4 amide bonds. The predicted octanol–water partition coefficient (Wildman–Crippen LogP) is 1.75. The van der Waals surface area contributed by atoms with Crippen LogP contribution in [0.1, 0.15) is 52.4 Å². The van der Waals surface area contributed by atoms with Gasteiger partial charge in [-0.25, -0.2) is 4.79 Å². The number of carbonyl (C=O) groups is 3. The van der Waals surface area contributed by atoms with Crippen molar-refractivity contribution in [2.75, 3.05) is 19.6 Å². The first-order valence-corrected chi connectivity index (χ1v) is 8.83. The van der Waals surface area contributed by atoms with Crippen LogP contribution in [-0.4, -0.2) is 52.8 Å². The van der Waals surface area contributed by atoms with E-state index in [1.165, 1.54) is 0 Å². The average Bonchev–Trinajstić information content (AvgIpc) is 2.71. The maximum absolute atomic E-state index is 12.7. The normalized spacial score (nSPS) is 30.7. The molecule has 0 aromatic carbocycles. The van der Waals surface area contributed by atoms with Gasteiger partial charge in [0.25, 0.3) is 5.91 Å². The fourth-order valence-corrected chi connectivity index (χ4v) is 4.42. The van der Waals surface area contributed by atoms with Crippen molar-refractivity contribution in [1.29, 1.82) is 0 Å². The van der Waals surface area contributed by atoms with Gasteiger partial charge in [0.15, 0.2) is 0 Å². The Bertz CT molecular complexity index is 503. The molecule has 3 aliphatic rings. The molecular weight excluding hydrogens is 294 g/mol. The van der Waals surface area contributed by atoms with Crippen LogP contribution in [0.4, 0.5) is 4.79 Å². The minimum atomic E-state index is -0.738. The molecule has 3 fully saturated rings. The summed E-state index contributed by atoms with van der Waals surface area (Å²) in [5.74, 6) is 0.624. The number of nitrogens with one attached hydrogen (secondary N) is 1. The number of carbonyl (C=O) groups excluding carboxylic acids is 3. The second-order valence-corrected chi connectivity index (χ2v) is 7.71. The van der Waals surface area contributed by atoms with Crippen LogP contribution in [0.15, 0.2) is 0 Å². The summed E-state index contributed by atoms with van der Waals surface area (Å²) >= 11 is 0. The van der Waals surface area contributed by atoms with E-state index in [1.807, 2.05) is 4.90 Å². The van der Waals surface area contributed by atoms with Crippen molar-refractivity contribution in [1.82, 2.24) is 15.1 Å². The van der Waals surface area contributed by atoms with Crippen LogP contribution in [0.25, 0.3) is 0 Å². The van der Waals surface area contributed by atoms with E-state index in [-0.39, 0.29) is 18.4 Å². The van der Waals surface area contributed by atoms with Gasteiger partial charge in [-0.1, -0.05) is 33.1 Å². The Kier molecular flexibility index (Phi) is 4.34. The highest BCUT2D eigenvalue weighted by Crippen LogP contribution is 2.33. The lowest BCUT2D eigenvalue weighted by Crippen LogP contribution is -2.50. The predicted molar refractivity (Wildman–Crippen MR) is 85.6 cm³/mol. The fraction of sp³-hybridized carbons (Fsp3) is 0.824. The molecule has 2 saturated heterocycles. The van der Waals surface area contributed by atoms with E-state index in [0.717, 1.165) is 43.7 Å². The zero-order valence-electron chi connectivity index (χ0n) is 14.1. The Morgan fingerprint density at radius 3 is 2.35 bits per heavy atom. The van der Waals surface area contributed by atoms with E-state index >= 15 is 0 Å². The van der Waals surface area contributed by atoms with E-state index in [2.05, 4.69) is 19.2 Å². The highest BCUT2D eigenvalue weighted by Gasteiger charge is 2.51. The second kappa shape index (κ2) is 6.13. The van der Waals surface area contributed by atoms with Crippen molar-refractivity contribution in [3.8, 4) is 0 Å². The number of imide groups is 1. The number of rotatable bonds is 2. The molecule has 1 saturated carbocycles. The van der Waals surface area contributed by atoms with Gasteiger partial charge in [-0.05, 0) is 31.1 Å². The molecule has 0 unspecified atom stereocenters. The van der Waals surface area contributed by atoms with E-state index in [9.17, 15) is 14.4 Å². The van der Waals surface area contributed by atoms with Crippen molar-refractivity contribution in [3.05, 3.63) is 0 Å². The summed E-state index contributed by atoms with van der Waals surface area (Å²) in [5, 5.41) is 2.86. The SMILES string of the molecule is C[C@H]1C[C@H](C)CN(C(=O)CN2C(=O)NC3(CCCCC3)C2=O)C1. The van der Waals surface area contributed by atoms with Gasteiger partial charge >= 0.3 is 6.03 Å². The number of hydrogen-bond donors (Lipinski definition) is 1. The first-order chi connectivity index (χ1) is 10.9. The quantitative estimate of drug-likeness (QED) is 0.788. The van der Waals surface area contributed by atoms with Gasteiger partial charge in [-0.15, -0.1) is 0 Å². The summed E-state index contributed by atoms with van der Waals surface area (Å²) in [6.07, 6.45) is 5.52. The third-order valence-corrected chi connectivity index (χ3v) is 5.47. The summed E-state index contributed by atoms with van der Waals surface area (Å²) in [6, 6.07) is -0.400. The van der Waals surface area contributed by atoms with Gasteiger partial charge in [0.05, 0.1) is 0 Å². The molecule has 1 spiro atoms. The molecule has 6 nitrogen and oxygen atoms in total. The number of hydrogen-bond acceptors (Lipinski definition) is 3. The average molecular weight is 321 g/mol. The minimum Gasteiger partial charge on any atom is -0.341 e. The monoisotopic (exact) mass is 321 g/mol. The van der Waals surface area contributed by atoms with Crippen molar-refractivity contribution in [2.24, 2.45) is 11.8 Å². The highest BCUT2D eigenvalue weighted by molar-refractivity contribution is 6.09. The first kappa shape index (κ1) is 16.3. The Hall–Kier alpha value is -1.59. The Labute approximate surface area is 137 Å². The van der Waals surface area contributed by atoms with Crippen molar-refractivity contribution >= 4 is 17.8 Å². The summed E-state index contributed by atoms with van der Waals surface area (Å²) < 4.78 is 0. The van der Waals surface area contributed by atoms with E-state index in [4.69, 9.17) is 0 Å². The molecule has 0 aromatic heterocycles. The molecule has 2 atom stereocenters. The van der Waals surface area contributed by atoms with Gasteiger partial charge in [-0.3, -0.25) is 14.5 Å². The van der Waals surface area contributed by atoms with E-state index in [0.29, 0.717) is 24.7 Å². The van der Waals surface area contributed by atoms with Gasteiger partial charge < -0.3 is 10.2 Å². The summed E-state index contributed by atoms with van der Waals surface area (Å²) in [4.78, 5) is 40.4. The molecule has 0 aromatic rings. The summed E-state index contributed by atoms with van der Waals surface area (Å²) in [6.45, 7) is 5.60. The molecule has 1 N–H and O–H groups in total. The number of amides is 4. The minimum absolute atomic E-state index is 0.111. The lowest BCUT2D eigenvalue weighted by Gasteiger charge is -2.35. The van der Waals surface area contributed by atoms with Crippen LogP contribution in [-0.2, 0) is 9.59 Å². The standard InChI is InChI=1S/C17H27N3O3/c1-12-8-13(2)10-19(9-12)14(21)11-20-15(22)17(18-16(20)23)6-4-3-5-7-17/h12-13H,3-11H2,1-2H3,(H,18,23)/t12-,13-/m0/s1. The Balaban J connectivity index is 1.66. The number of piperidine rings is 1. The second-order valence-electron chi connectivity index (χ2n) is 7.71. The zero-order valence-corrected chi connectivity index (χ0v) is 14.1. The Morgan fingerprint density at radius 1 is 1.13 bits per heavy atom. The molecule has 23 heavy (non-hydrogen) atoms. The largest absolute Gasteiger partial charge is 0.341 e. The molecule has 128 valence electrons. The maximum Gasteiger partial charge on any atom is 0.325 e. The van der Waals surface area contributed by atoms with Crippen molar-refractivity contribution in [2.45, 2.75) is 57.9 Å². The third kappa shape index (κ3) is 3.08. The lowest BCUT2D eigenvalue weighted by atomic mass is 9.82. The van der Waals surface area contributed by atoms with Gasteiger partial charge in [-0.2, -0.15) is 0 Å². The lowest BCUT2D eigenvalue weighted by molar-refractivity contribution is -0.141. The van der Waals surface area contributed by atoms with Crippen LogP contribution in [0.5, 0.6) is 0 Å². The van der Waals surface area contributed by atoms with Crippen LogP contribution >= 0.6 is 0 Å². The van der Waals surface area contributed by atoms with E-state index in [1.54, 1.807) is 0 Å². The summed E-state index contributed by atoms with van der Waals surface area (Å²) in [7, 11) is 0. The van der Waals surface area contributed by atoms with Gasteiger partial charge in [0.2, 0.25) is 5.91 Å². The molecule has 0 bridgehead atoms. The van der Waals surface area contributed by atoms with Gasteiger partial charge in [0.1, 0.15) is 12.1 Å². The number of urea groups is 1. The molecule has 0 radical (unpaired) electrons. The molecule has 1 aliphatic carbocycles.